The molecule has 0 aliphatic rings. The van der Waals surface area contributed by atoms with Crippen LogP contribution in [0.1, 0.15) is 13.8 Å². The van der Waals surface area contributed by atoms with Gasteiger partial charge >= 0.3 is 0 Å². The molecule has 0 saturated carbocycles. The Hall–Kier alpha value is -1.22. The molecule has 1 aromatic rings. The van der Waals surface area contributed by atoms with Crippen LogP contribution in [-0.2, 0) is 4.79 Å². The third-order valence-corrected chi connectivity index (χ3v) is 2.07. The highest BCUT2D eigenvalue weighted by Gasteiger charge is 2.02. The van der Waals surface area contributed by atoms with E-state index in [0.29, 0.717) is 23.9 Å². The fourth-order valence-electron chi connectivity index (χ4n) is 1.11. The Morgan fingerprint density at radius 1 is 1.53 bits per heavy atom. The molecule has 0 unspecified atom stereocenters. The molecule has 0 saturated heterocycles. The number of Topliss-reactive ketones (excluding diaryl/α,β-unsaturated/α-hetero) is 1. The predicted octanol–water partition coefficient (Wildman–Crippen LogP) is 2.74. The monoisotopic (exact) mass is 227 g/mol. The summed E-state index contributed by atoms with van der Waals surface area (Å²) in [5, 5.41) is 3.51. The summed E-state index contributed by atoms with van der Waals surface area (Å²) in [5.74, 6) is 0.743. The second kappa shape index (κ2) is 5.61. The van der Waals surface area contributed by atoms with Gasteiger partial charge in [0.25, 0.3) is 0 Å². The highest BCUT2D eigenvalue weighted by atomic mass is 35.5. The molecule has 0 aliphatic heterocycles. The second-order valence-electron chi connectivity index (χ2n) is 3.13. The molecule has 0 atom stereocenters. The van der Waals surface area contributed by atoms with Crippen LogP contribution in [-0.4, -0.2) is 18.9 Å². The number of benzene rings is 1. The van der Waals surface area contributed by atoms with E-state index < -0.39 is 0 Å². The first-order valence-corrected chi connectivity index (χ1v) is 5.17. The second-order valence-corrected chi connectivity index (χ2v) is 3.54. The first-order chi connectivity index (χ1) is 7.13. The van der Waals surface area contributed by atoms with E-state index in [9.17, 15) is 4.79 Å². The molecule has 0 amide bonds. The van der Waals surface area contributed by atoms with Gasteiger partial charge in [0.05, 0.1) is 18.2 Å². The van der Waals surface area contributed by atoms with Crippen LogP contribution in [0.4, 0.5) is 5.69 Å². The Morgan fingerprint density at radius 3 is 2.80 bits per heavy atom. The van der Waals surface area contributed by atoms with Gasteiger partial charge in [0, 0.05) is 5.69 Å². The van der Waals surface area contributed by atoms with Gasteiger partial charge in [-0.1, -0.05) is 11.6 Å². The first kappa shape index (κ1) is 11.9. The summed E-state index contributed by atoms with van der Waals surface area (Å²) in [6.07, 6.45) is 0. The van der Waals surface area contributed by atoms with Crippen molar-refractivity contribution in [1.82, 2.24) is 0 Å². The highest BCUT2D eigenvalue weighted by Crippen LogP contribution is 2.27. The van der Waals surface area contributed by atoms with E-state index in [1.165, 1.54) is 6.92 Å². The molecule has 15 heavy (non-hydrogen) atoms. The normalized spacial score (nSPS) is 9.80. The van der Waals surface area contributed by atoms with E-state index in [1.807, 2.05) is 13.0 Å². The summed E-state index contributed by atoms with van der Waals surface area (Å²) in [6, 6.07) is 5.36. The van der Waals surface area contributed by atoms with Crippen molar-refractivity contribution in [3.05, 3.63) is 23.2 Å². The number of hydrogen-bond donors (Lipinski definition) is 1. The number of hydrogen-bond acceptors (Lipinski definition) is 3. The molecule has 3 nitrogen and oxygen atoms in total. The fourth-order valence-corrected chi connectivity index (χ4v) is 1.34. The minimum Gasteiger partial charge on any atom is -0.492 e. The van der Waals surface area contributed by atoms with Gasteiger partial charge in [0.2, 0.25) is 0 Å². The van der Waals surface area contributed by atoms with Crippen LogP contribution in [0.5, 0.6) is 5.75 Å². The smallest absolute Gasteiger partial charge is 0.148 e. The maximum absolute atomic E-state index is 10.8. The highest BCUT2D eigenvalue weighted by molar-refractivity contribution is 6.32. The molecule has 0 aliphatic carbocycles. The zero-order valence-electron chi connectivity index (χ0n) is 8.84. The van der Waals surface area contributed by atoms with Crippen LogP contribution in [0.15, 0.2) is 18.2 Å². The molecule has 0 spiro atoms. The van der Waals surface area contributed by atoms with Crippen molar-refractivity contribution in [1.29, 1.82) is 0 Å². The molecule has 82 valence electrons. The van der Waals surface area contributed by atoms with Gasteiger partial charge in [0.1, 0.15) is 11.5 Å². The molecule has 1 aromatic carbocycles. The fraction of sp³-hybridized carbons (Fsp3) is 0.364. The van der Waals surface area contributed by atoms with Gasteiger partial charge < -0.3 is 10.1 Å². The summed E-state index contributed by atoms with van der Waals surface area (Å²) < 4.78 is 5.29. The number of rotatable bonds is 5. The summed E-state index contributed by atoms with van der Waals surface area (Å²) >= 11 is 5.97. The molecule has 0 radical (unpaired) electrons. The van der Waals surface area contributed by atoms with Gasteiger partial charge in [-0.15, -0.1) is 0 Å². The Morgan fingerprint density at radius 2 is 2.27 bits per heavy atom. The molecule has 0 fully saturated rings. The number of ketones is 1. The minimum atomic E-state index is 0.0833. The summed E-state index contributed by atoms with van der Waals surface area (Å²) in [5.41, 5.74) is 0.818. The maximum atomic E-state index is 10.8. The van der Waals surface area contributed by atoms with E-state index in [4.69, 9.17) is 16.3 Å². The number of anilines is 1. The zero-order valence-corrected chi connectivity index (χ0v) is 9.60. The van der Waals surface area contributed by atoms with Crippen LogP contribution >= 0.6 is 11.6 Å². The van der Waals surface area contributed by atoms with Crippen molar-refractivity contribution in [2.75, 3.05) is 18.5 Å². The van der Waals surface area contributed by atoms with E-state index in [0.717, 1.165) is 5.69 Å². The van der Waals surface area contributed by atoms with Crippen LogP contribution < -0.4 is 10.1 Å². The van der Waals surface area contributed by atoms with Crippen molar-refractivity contribution in [3.8, 4) is 5.75 Å². The van der Waals surface area contributed by atoms with Crippen LogP contribution in [0.2, 0.25) is 5.02 Å². The van der Waals surface area contributed by atoms with Crippen LogP contribution in [0, 0.1) is 0 Å². The van der Waals surface area contributed by atoms with E-state index in [1.54, 1.807) is 12.1 Å². The molecule has 1 N–H and O–H groups in total. The van der Waals surface area contributed by atoms with E-state index in [-0.39, 0.29) is 5.78 Å². The lowest BCUT2D eigenvalue weighted by Gasteiger charge is -2.08. The van der Waals surface area contributed by atoms with Crippen molar-refractivity contribution in [2.45, 2.75) is 13.8 Å². The van der Waals surface area contributed by atoms with Gasteiger partial charge in [-0.25, -0.2) is 0 Å². The largest absolute Gasteiger partial charge is 0.492 e. The van der Waals surface area contributed by atoms with Gasteiger partial charge in [-0.05, 0) is 32.0 Å². The summed E-state index contributed by atoms with van der Waals surface area (Å²) in [6.45, 7) is 4.33. The van der Waals surface area contributed by atoms with Gasteiger partial charge in [0.15, 0.2) is 0 Å². The molecule has 1 rings (SSSR count). The summed E-state index contributed by atoms with van der Waals surface area (Å²) in [4.78, 5) is 10.8. The summed E-state index contributed by atoms with van der Waals surface area (Å²) in [7, 11) is 0. The number of nitrogens with one attached hydrogen (secondary N) is 1. The third-order valence-electron chi connectivity index (χ3n) is 1.77. The number of ether oxygens (including phenoxy) is 1. The minimum absolute atomic E-state index is 0.0833. The van der Waals surface area contributed by atoms with Crippen molar-refractivity contribution in [3.63, 3.8) is 0 Å². The molecular weight excluding hydrogens is 214 g/mol. The van der Waals surface area contributed by atoms with Crippen molar-refractivity contribution < 1.29 is 9.53 Å². The predicted molar refractivity (Wildman–Crippen MR) is 61.8 cm³/mol. The Bertz CT molecular complexity index is 352. The van der Waals surface area contributed by atoms with Gasteiger partial charge in [-0.2, -0.15) is 0 Å². The van der Waals surface area contributed by atoms with E-state index in [2.05, 4.69) is 5.32 Å². The lowest BCUT2D eigenvalue weighted by atomic mass is 10.3. The Labute approximate surface area is 94.4 Å². The number of halogens is 1. The standard InChI is InChI=1S/C11H14ClNO2/c1-3-15-11-5-4-9(6-10(11)12)13-7-8(2)14/h4-6,13H,3,7H2,1-2H3. The number of carbonyl (C=O) groups excluding carboxylic acids is 1. The SMILES string of the molecule is CCOc1ccc(NCC(C)=O)cc1Cl. The zero-order chi connectivity index (χ0) is 11.3. The molecule has 4 heteroatoms. The number of carbonyl (C=O) groups is 1. The Balaban J connectivity index is 2.68. The van der Waals surface area contributed by atoms with Gasteiger partial charge in [-0.3, -0.25) is 4.79 Å². The average Bonchev–Trinajstić information content (AvgIpc) is 2.19. The lowest BCUT2D eigenvalue weighted by Crippen LogP contribution is -2.09. The lowest BCUT2D eigenvalue weighted by molar-refractivity contribution is -0.115. The quantitative estimate of drug-likeness (QED) is 0.841. The average molecular weight is 228 g/mol. The Kier molecular flexibility index (Phi) is 4.43. The maximum Gasteiger partial charge on any atom is 0.148 e. The third kappa shape index (κ3) is 3.80. The van der Waals surface area contributed by atoms with Crippen LogP contribution in [0.25, 0.3) is 0 Å². The first-order valence-electron chi connectivity index (χ1n) is 4.79. The van der Waals surface area contributed by atoms with Crippen LogP contribution in [0.3, 0.4) is 0 Å². The molecule has 0 aromatic heterocycles. The molecule has 0 bridgehead atoms. The van der Waals surface area contributed by atoms with Crippen molar-refractivity contribution >= 4 is 23.1 Å². The molecule has 0 heterocycles. The topological polar surface area (TPSA) is 38.3 Å². The molecular formula is C11H14ClNO2. The van der Waals surface area contributed by atoms with Crippen molar-refractivity contribution in [2.24, 2.45) is 0 Å². The van der Waals surface area contributed by atoms with E-state index >= 15 is 0 Å².